The molecule has 3 heterocycles. The number of nitrogen functional groups attached to an aromatic ring is 1. The zero-order chi connectivity index (χ0) is 17.3. The van der Waals surface area contributed by atoms with Crippen molar-refractivity contribution in [1.82, 2.24) is 25.3 Å². The van der Waals surface area contributed by atoms with Crippen LogP contribution in [0.3, 0.4) is 0 Å². The number of halogens is 1. The second-order valence-electron chi connectivity index (χ2n) is 6.26. The normalized spacial score (nSPS) is 23.5. The van der Waals surface area contributed by atoms with E-state index in [2.05, 4.69) is 25.3 Å². The van der Waals surface area contributed by atoms with E-state index in [-0.39, 0.29) is 17.7 Å². The molecule has 6 nitrogen and oxygen atoms in total. The predicted molar refractivity (Wildman–Crippen MR) is 92.4 cm³/mol. The van der Waals surface area contributed by atoms with Crippen molar-refractivity contribution in [2.24, 2.45) is 0 Å². The Balaban J connectivity index is 1.92. The molecule has 1 fully saturated rings. The first kappa shape index (κ1) is 15.7. The Hall–Kier alpha value is -2.80. The molecule has 0 bridgehead atoms. The first-order valence-corrected chi connectivity index (χ1v) is 8.25. The summed E-state index contributed by atoms with van der Waals surface area (Å²) in [6.45, 7) is 1.55. The Morgan fingerprint density at radius 3 is 2.68 bits per heavy atom. The van der Waals surface area contributed by atoms with E-state index >= 15 is 0 Å². The Bertz CT molecular complexity index is 848. The maximum Gasteiger partial charge on any atom is 0.220 e. The van der Waals surface area contributed by atoms with Crippen molar-refractivity contribution in [3.05, 3.63) is 71.8 Å². The fourth-order valence-corrected chi connectivity index (χ4v) is 3.84. The number of hydrogen-bond donors (Lipinski definition) is 3. The van der Waals surface area contributed by atoms with Gasteiger partial charge in [0.15, 0.2) is 0 Å². The van der Waals surface area contributed by atoms with Crippen LogP contribution in [0.4, 0.5) is 10.3 Å². The monoisotopic (exact) mass is 338 g/mol. The molecule has 0 spiro atoms. The lowest BCUT2D eigenvalue weighted by molar-refractivity contribution is 0.294. The van der Waals surface area contributed by atoms with Gasteiger partial charge in [-0.2, -0.15) is 0 Å². The maximum atomic E-state index is 13.5. The van der Waals surface area contributed by atoms with E-state index < -0.39 is 5.41 Å². The van der Waals surface area contributed by atoms with Gasteiger partial charge in [0.1, 0.15) is 11.6 Å². The molecule has 4 N–H and O–H groups in total. The third-order valence-electron chi connectivity index (χ3n) is 4.97. The van der Waals surface area contributed by atoms with Gasteiger partial charge in [-0.25, -0.2) is 19.3 Å². The van der Waals surface area contributed by atoms with E-state index in [1.54, 1.807) is 12.4 Å². The van der Waals surface area contributed by atoms with Crippen molar-refractivity contribution in [3.63, 3.8) is 0 Å². The van der Waals surface area contributed by atoms with Gasteiger partial charge in [-0.15, -0.1) is 0 Å². The third-order valence-corrected chi connectivity index (χ3v) is 4.97. The SMILES string of the molecule is Nc1nccc(C2CNCCC2(c2ccc(F)cc2)c2ncc[nH]2)n1. The lowest BCUT2D eigenvalue weighted by Gasteiger charge is -2.43. The highest BCUT2D eigenvalue weighted by Crippen LogP contribution is 2.46. The van der Waals surface area contributed by atoms with Crippen LogP contribution >= 0.6 is 0 Å². The Morgan fingerprint density at radius 1 is 1.12 bits per heavy atom. The zero-order valence-electron chi connectivity index (χ0n) is 13.6. The molecule has 2 unspecified atom stereocenters. The number of nitrogens with two attached hydrogens (primary N) is 1. The minimum Gasteiger partial charge on any atom is -0.368 e. The van der Waals surface area contributed by atoms with Crippen LogP contribution in [0.2, 0.25) is 0 Å². The average Bonchev–Trinajstić information content (AvgIpc) is 3.17. The highest BCUT2D eigenvalue weighted by Gasteiger charge is 2.47. The molecule has 0 amide bonds. The second-order valence-corrected chi connectivity index (χ2v) is 6.26. The Labute approximate surface area is 144 Å². The van der Waals surface area contributed by atoms with Crippen molar-refractivity contribution >= 4 is 5.95 Å². The van der Waals surface area contributed by atoms with Gasteiger partial charge >= 0.3 is 0 Å². The number of aromatic nitrogens is 4. The standard InChI is InChI=1S/C18H19FN6/c19-13-3-1-12(2-4-13)18(16-22-9-10-23-16)6-8-21-11-14(18)15-5-7-24-17(20)25-15/h1-5,7,9-10,14,21H,6,8,11H2,(H,22,23)(H2,20,24,25). The number of piperidine rings is 1. The van der Waals surface area contributed by atoms with Crippen LogP contribution in [0, 0.1) is 5.82 Å². The van der Waals surface area contributed by atoms with E-state index in [9.17, 15) is 4.39 Å². The number of benzene rings is 1. The molecule has 0 saturated carbocycles. The van der Waals surface area contributed by atoms with Crippen LogP contribution in [-0.4, -0.2) is 33.0 Å². The van der Waals surface area contributed by atoms with E-state index in [1.165, 1.54) is 12.1 Å². The summed E-state index contributed by atoms with van der Waals surface area (Å²) in [4.78, 5) is 16.3. The van der Waals surface area contributed by atoms with Gasteiger partial charge in [0.05, 0.1) is 11.1 Å². The average molecular weight is 338 g/mol. The quantitative estimate of drug-likeness (QED) is 0.679. The molecule has 2 atom stereocenters. The Kier molecular flexibility index (Phi) is 3.93. The molecule has 1 saturated heterocycles. The van der Waals surface area contributed by atoms with Gasteiger partial charge in [0.2, 0.25) is 5.95 Å². The molecule has 1 aliphatic heterocycles. The van der Waals surface area contributed by atoms with Crippen LogP contribution in [0.1, 0.15) is 29.4 Å². The van der Waals surface area contributed by atoms with Crippen molar-refractivity contribution < 1.29 is 4.39 Å². The number of aromatic amines is 1. The van der Waals surface area contributed by atoms with Crippen molar-refractivity contribution in [2.75, 3.05) is 18.8 Å². The smallest absolute Gasteiger partial charge is 0.220 e. The highest BCUT2D eigenvalue weighted by molar-refractivity contribution is 5.41. The van der Waals surface area contributed by atoms with Crippen LogP contribution in [0.25, 0.3) is 0 Å². The molecule has 0 aliphatic carbocycles. The topological polar surface area (TPSA) is 92.5 Å². The first-order chi connectivity index (χ1) is 12.2. The predicted octanol–water partition coefficient (Wildman–Crippen LogP) is 1.98. The number of imidazole rings is 1. The number of hydrogen-bond acceptors (Lipinski definition) is 5. The van der Waals surface area contributed by atoms with E-state index in [1.807, 2.05) is 24.4 Å². The molecule has 1 aromatic carbocycles. The van der Waals surface area contributed by atoms with Gasteiger partial charge in [0.25, 0.3) is 0 Å². The van der Waals surface area contributed by atoms with Gasteiger partial charge in [-0.3, -0.25) is 0 Å². The number of rotatable bonds is 3. The van der Waals surface area contributed by atoms with Crippen molar-refractivity contribution in [1.29, 1.82) is 0 Å². The van der Waals surface area contributed by atoms with Crippen molar-refractivity contribution in [3.8, 4) is 0 Å². The molecule has 4 rings (SSSR count). The molecule has 2 aromatic heterocycles. The summed E-state index contributed by atoms with van der Waals surface area (Å²) in [5, 5.41) is 3.43. The summed E-state index contributed by atoms with van der Waals surface area (Å²) in [7, 11) is 0. The van der Waals surface area contributed by atoms with Crippen LogP contribution in [-0.2, 0) is 5.41 Å². The molecule has 0 radical (unpaired) electrons. The number of nitrogens with one attached hydrogen (secondary N) is 2. The summed E-state index contributed by atoms with van der Waals surface area (Å²) >= 11 is 0. The lowest BCUT2D eigenvalue weighted by atomic mass is 9.64. The van der Waals surface area contributed by atoms with Crippen LogP contribution in [0.15, 0.2) is 48.9 Å². The van der Waals surface area contributed by atoms with Crippen LogP contribution < -0.4 is 11.1 Å². The molecule has 7 heteroatoms. The second kappa shape index (κ2) is 6.25. The summed E-state index contributed by atoms with van der Waals surface area (Å²) in [6, 6.07) is 8.54. The molecular weight excluding hydrogens is 319 g/mol. The first-order valence-electron chi connectivity index (χ1n) is 8.25. The molecular formula is C18H19FN6. The highest BCUT2D eigenvalue weighted by atomic mass is 19.1. The molecule has 1 aliphatic rings. The lowest BCUT2D eigenvalue weighted by Crippen LogP contribution is -2.48. The number of anilines is 1. The summed E-state index contributed by atoms with van der Waals surface area (Å²) in [6.07, 6.45) is 6.03. The summed E-state index contributed by atoms with van der Waals surface area (Å²) < 4.78 is 13.5. The molecule has 3 aromatic rings. The third kappa shape index (κ3) is 2.66. The molecule has 25 heavy (non-hydrogen) atoms. The van der Waals surface area contributed by atoms with Gasteiger partial charge < -0.3 is 16.0 Å². The van der Waals surface area contributed by atoms with E-state index in [0.29, 0.717) is 6.54 Å². The fourth-order valence-electron chi connectivity index (χ4n) is 3.84. The Morgan fingerprint density at radius 2 is 1.96 bits per heavy atom. The minimum atomic E-state index is -0.441. The molecule has 128 valence electrons. The zero-order valence-corrected chi connectivity index (χ0v) is 13.6. The van der Waals surface area contributed by atoms with Gasteiger partial charge in [-0.05, 0) is 36.7 Å². The van der Waals surface area contributed by atoms with E-state index in [4.69, 9.17) is 5.73 Å². The number of nitrogens with zero attached hydrogens (tertiary/aromatic N) is 3. The number of H-pyrrole nitrogens is 1. The van der Waals surface area contributed by atoms with E-state index in [0.717, 1.165) is 30.0 Å². The summed E-state index contributed by atoms with van der Waals surface area (Å²) in [5.74, 6) is 0.830. The largest absolute Gasteiger partial charge is 0.368 e. The van der Waals surface area contributed by atoms with Crippen LogP contribution in [0.5, 0.6) is 0 Å². The summed E-state index contributed by atoms with van der Waals surface area (Å²) in [5.41, 5.74) is 7.23. The van der Waals surface area contributed by atoms with Gasteiger partial charge in [-0.1, -0.05) is 12.1 Å². The minimum absolute atomic E-state index is 0.0110. The maximum absolute atomic E-state index is 13.5. The van der Waals surface area contributed by atoms with Gasteiger partial charge in [0, 0.05) is 31.1 Å². The fraction of sp³-hybridized carbons (Fsp3) is 0.278. The van der Waals surface area contributed by atoms with Crippen molar-refractivity contribution in [2.45, 2.75) is 17.8 Å².